The van der Waals surface area contributed by atoms with E-state index in [4.69, 9.17) is 4.74 Å². The molecule has 1 saturated carbocycles. The molecule has 0 atom stereocenters. The summed E-state index contributed by atoms with van der Waals surface area (Å²) in [6.07, 6.45) is 0.334. The minimum absolute atomic E-state index is 0.00599. The summed E-state index contributed by atoms with van der Waals surface area (Å²) < 4.78 is 32.5. The summed E-state index contributed by atoms with van der Waals surface area (Å²) in [5, 5.41) is 0. The predicted molar refractivity (Wildman–Crippen MR) is 66.9 cm³/mol. The molecule has 0 amide bonds. The molecule has 4 heteroatoms. The Balaban J connectivity index is 1.90. The molecule has 0 N–H and O–H groups in total. The van der Waals surface area contributed by atoms with Gasteiger partial charge in [-0.1, -0.05) is 6.07 Å². The number of rotatable bonds is 0. The van der Waals surface area contributed by atoms with Gasteiger partial charge in [0.2, 0.25) is 5.92 Å². The standard InChI is InChI=1S/C15H16F2O2/c1-10-2-3-11-12(18)9-14(19-13(11)8-10)4-6-15(16,17)7-5-14/h2-3,8H,4-7,9H2,1H3. The van der Waals surface area contributed by atoms with Crippen molar-refractivity contribution < 1.29 is 18.3 Å². The van der Waals surface area contributed by atoms with Crippen molar-refractivity contribution in [3.05, 3.63) is 29.3 Å². The van der Waals surface area contributed by atoms with Crippen molar-refractivity contribution in [1.82, 2.24) is 0 Å². The molecule has 1 spiro atoms. The molecule has 1 fully saturated rings. The van der Waals surface area contributed by atoms with Crippen molar-refractivity contribution >= 4 is 5.78 Å². The number of carbonyl (C=O) groups is 1. The van der Waals surface area contributed by atoms with Gasteiger partial charge in [-0.2, -0.15) is 0 Å². The Morgan fingerprint density at radius 1 is 1.16 bits per heavy atom. The zero-order valence-electron chi connectivity index (χ0n) is 10.8. The Kier molecular flexibility index (Phi) is 2.66. The highest BCUT2D eigenvalue weighted by molar-refractivity contribution is 6.00. The summed E-state index contributed by atoms with van der Waals surface area (Å²) in [7, 11) is 0. The number of aryl methyl sites for hydroxylation is 1. The second kappa shape index (κ2) is 4.02. The van der Waals surface area contributed by atoms with Crippen molar-refractivity contribution in [2.75, 3.05) is 0 Å². The first-order chi connectivity index (χ1) is 8.89. The highest BCUT2D eigenvalue weighted by atomic mass is 19.3. The normalized spacial score (nSPS) is 23.8. The lowest BCUT2D eigenvalue weighted by atomic mass is 9.77. The van der Waals surface area contributed by atoms with E-state index in [1.54, 1.807) is 6.07 Å². The molecule has 1 aliphatic heterocycles. The predicted octanol–water partition coefficient (Wildman–Crippen LogP) is 3.91. The van der Waals surface area contributed by atoms with Crippen LogP contribution in [0.5, 0.6) is 5.75 Å². The van der Waals surface area contributed by atoms with Crippen molar-refractivity contribution in [3.8, 4) is 5.75 Å². The van der Waals surface area contributed by atoms with E-state index >= 15 is 0 Å². The number of Topliss-reactive ketones (excluding diaryl/α,β-unsaturated/α-hetero) is 1. The third-order valence-corrected chi connectivity index (χ3v) is 4.14. The van der Waals surface area contributed by atoms with Crippen LogP contribution in [-0.4, -0.2) is 17.3 Å². The van der Waals surface area contributed by atoms with E-state index in [9.17, 15) is 13.6 Å². The van der Waals surface area contributed by atoms with Gasteiger partial charge in [-0.25, -0.2) is 8.78 Å². The summed E-state index contributed by atoms with van der Waals surface area (Å²) in [5.74, 6) is -2.04. The Hall–Kier alpha value is -1.45. The van der Waals surface area contributed by atoms with Crippen LogP contribution in [-0.2, 0) is 0 Å². The second-order valence-electron chi connectivity index (χ2n) is 5.74. The van der Waals surface area contributed by atoms with E-state index in [1.165, 1.54) is 0 Å². The molecule has 1 heterocycles. The van der Waals surface area contributed by atoms with Crippen LogP contribution < -0.4 is 4.74 Å². The van der Waals surface area contributed by atoms with Crippen molar-refractivity contribution in [3.63, 3.8) is 0 Å². The largest absolute Gasteiger partial charge is 0.486 e. The Bertz CT molecular complexity index is 527. The number of fused-ring (bicyclic) bond motifs is 1. The van der Waals surface area contributed by atoms with Gasteiger partial charge in [0, 0.05) is 12.8 Å². The van der Waals surface area contributed by atoms with Gasteiger partial charge < -0.3 is 4.74 Å². The fourth-order valence-electron chi connectivity index (χ4n) is 2.95. The molecule has 3 rings (SSSR count). The first kappa shape index (κ1) is 12.6. The van der Waals surface area contributed by atoms with Gasteiger partial charge in [0.1, 0.15) is 11.4 Å². The lowest BCUT2D eigenvalue weighted by Gasteiger charge is -2.42. The van der Waals surface area contributed by atoms with Crippen molar-refractivity contribution in [2.45, 2.75) is 50.6 Å². The van der Waals surface area contributed by atoms with E-state index in [0.29, 0.717) is 11.3 Å². The highest BCUT2D eigenvalue weighted by Crippen LogP contribution is 2.46. The lowest BCUT2D eigenvalue weighted by Crippen LogP contribution is -2.47. The van der Waals surface area contributed by atoms with Gasteiger partial charge in [0.15, 0.2) is 5.78 Å². The van der Waals surface area contributed by atoms with Gasteiger partial charge in [-0.3, -0.25) is 4.79 Å². The monoisotopic (exact) mass is 266 g/mol. The molecule has 2 nitrogen and oxygen atoms in total. The third kappa shape index (κ3) is 2.24. The van der Waals surface area contributed by atoms with Crippen LogP contribution in [0.1, 0.15) is 48.0 Å². The molecular formula is C15H16F2O2. The first-order valence-corrected chi connectivity index (χ1v) is 6.60. The van der Waals surface area contributed by atoms with Crippen molar-refractivity contribution in [2.24, 2.45) is 0 Å². The minimum Gasteiger partial charge on any atom is -0.486 e. The number of hydrogen-bond donors (Lipinski definition) is 0. The van der Waals surface area contributed by atoms with Crippen LogP contribution in [0.3, 0.4) is 0 Å². The van der Waals surface area contributed by atoms with Gasteiger partial charge >= 0.3 is 0 Å². The summed E-state index contributed by atoms with van der Waals surface area (Å²) in [4.78, 5) is 12.2. The van der Waals surface area contributed by atoms with E-state index < -0.39 is 11.5 Å². The van der Waals surface area contributed by atoms with Crippen molar-refractivity contribution in [1.29, 1.82) is 0 Å². The summed E-state index contributed by atoms with van der Waals surface area (Å²) in [6, 6.07) is 5.45. The highest BCUT2D eigenvalue weighted by Gasteiger charge is 2.48. The van der Waals surface area contributed by atoms with Gasteiger partial charge in [0.25, 0.3) is 0 Å². The molecule has 0 bridgehead atoms. The van der Waals surface area contributed by atoms with Crippen LogP contribution in [0.2, 0.25) is 0 Å². The molecule has 0 aromatic heterocycles. The maximum absolute atomic E-state index is 13.3. The van der Waals surface area contributed by atoms with Gasteiger partial charge in [-0.15, -0.1) is 0 Å². The quantitative estimate of drug-likeness (QED) is 0.711. The number of halogens is 2. The zero-order chi connectivity index (χ0) is 13.7. The minimum atomic E-state index is -2.61. The molecule has 2 aliphatic rings. The number of hydrogen-bond acceptors (Lipinski definition) is 2. The van der Waals surface area contributed by atoms with Crippen LogP contribution >= 0.6 is 0 Å². The van der Waals surface area contributed by atoms with Crippen LogP contribution in [0.25, 0.3) is 0 Å². The molecule has 1 aliphatic carbocycles. The van der Waals surface area contributed by atoms with Crippen LogP contribution in [0, 0.1) is 6.92 Å². The summed E-state index contributed by atoms with van der Waals surface area (Å²) >= 11 is 0. The van der Waals surface area contributed by atoms with E-state index in [0.717, 1.165) is 5.56 Å². The van der Waals surface area contributed by atoms with E-state index in [1.807, 2.05) is 19.1 Å². The maximum Gasteiger partial charge on any atom is 0.248 e. The SMILES string of the molecule is Cc1ccc2c(c1)OC1(CCC(F)(F)CC1)CC2=O. The van der Waals surface area contributed by atoms with Crippen LogP contribution in [0.15, 0.2) is 18.2 Å². The smallest absolute Gasteiger partial charge is 0.248 e. The Morgan fingerprint density at radius 3 is 2.53 bits per heavy atom. The number of carbonyl (C=O) groups excluding carboxylic acids is 1. The second-order valence-corrected chi connectivity index (χ2v) is 5.74. The fourth-order valence-corrected chi connectivity index (χ4v) is 2.95. The molecule has 0 radical (unpaired) electrons. The lowest BCUT2D eigenvalue weighted by molar-refractivity contribution is -0.0946. The first-order valence-electron chi connectivity index (χ1n) is 6.60. The number of ether oxygens (including phenoxy) is 1. The molecular weight excluding hydrogens is 250 g/mol. The third-order valence-electron chi connectivity index (χ3n) is 4.14. The van der Waals surface area contributed by atoms with E-state index in [2.05, 4.69) is 0 Å². The Morgan fingerprint density at radius 2 is 1.84 bits per heavy atom. The molecule has 0 saturated heterocycles. The molecule has 1 aromatic carbocycles. The average Bonchev–Trinajstić information content (AvgIpc) is 2.33. The summed E-state index contributed by atoms with van der Waals surface area (Å²) in [6.45, 7) is 1.92. The molecule has 0 unspecified atom stereocenters. The van der Waals surface area contributed by atoms with E-state index in [-0.39, 0.29) is 37.9 Å². The molecule has 102 valence electrons. The zero-order valence-corrected chi connectivity index (χ0v) is 10.8. The Labute approximate surface area is 110 Å². The van der Waals surface area contributed by atoms with Gasteiger partial charge in [0.05, 0.1) is 12.0 Å². The van der Waals surface area contributed by atoms with Crippen LogP contribution in [0.4, 0.5) is 8.78 Å². The van der Waals surface area contributed by atoms with Gasteiger partial charge in [-0.05, 0) is 37.5 Å². The summed E-state index contributed by atoms with van der Waals surface area (Å²) in [5.41, 5.74) is 0.873. The topological polar surface area (TPSA) is 26.3 Å². The average molecular weight is 266 g/mol. The number of benzene rings is 1. The maximum atomic E-state index is 13.3. The molecule has 19 heavy (non-hydrogen) atoms. The number of ketones is 1. The number of alkyl halides is 2. The fraction of sp³-hybridized carbons (Fsp3) is 0.533. The molecule has 1 aromatic rings.